The molecule has 2 aromatic carbocycles. The van der Waals surface area contributed by atoms with Gasteiger partial charge in [0.15, 0.2) is 12.2 Å². The van der Waals surface area contributed by atoms with E-state index in [-0.39, 0.29) is 12.2 Å². The Morgan fingerprint density at radius 2 is 1.44 bits per heavy atom. The molecular weight excluding hydrogens is 416 g/mol. The number of methoxy groups -OCH3 is 1. The number of aliphatic hydroxyl groups excluding tert-OH is 1. The zero-order valence-electron chi connectivity index (χ0n) is 17.7. The van der Waals surface area contributed by atoms with E-state index in [2.05, 4.69) is 0 Å². The normalized spacial score (nSPS) is 22.4. The fourth-order valence-corrected chi connectivity index (χ4v) is 3.34. The number of ether oxygens (including phenoxy) is 4. The third-order valence-corrected chi connectivity index (χ3v) is 4.91. The summed E-state index contributed by atoms with van der Waals surface area (Å²) >= 11 is 0. The topological polar surface area (TPSA) is 108 Å². The zero-order chi connectivity index (χ0) is 23.1. The Kier molecular flexibility index (Phi) is 7.75. The van der Waals surface area contributed by atoms with Gasteiger partial charge in [0.05, 0.1) is 11.1 Å². The first-order valence-corrected chi connectivity index (χ1v) is 9.97. The van der Waals surface area contributed by atoms with Gasteiger partial charge in [0.2, 0.25) is 0 Å². The van der Waals surface area contributed by atoms with E-state index in [9.17, 15) is 19.5 Å². The van der Waals surface area contributed by atoms with Crippen molar-refractivity contribution in [2.24, 2.45) is 0 Å². The van der Waals surface area contributed by atoms with E-state index in [0.29, 0.717) is 11.1 Å². The van der Waals surface area contributed by atoms with Gasteiger partial charge >= 0.3 is 17.9 Å². The number of carbonyl (C=O) groups excluding carboxylic acids is 3. The van der Waals surface area contributed by atoms with Gasteiger partial charge in [-0.25, -0.2) is 9.59 Å². The van der Waals surface area contributed by atoms with Crippen LogP contribution in [0.15, 0.2) is 72.3 Å². The van der Waals surface area contributed by atoms with Crippen molar-refractivity contribution in [3.05, 3.63) is 83.4 Å². The first-order valence-electron chi connectivity index (χ1n) is 9.97. The Labute approximate surface area is 185 Å². The molecule has 0 amide bonds. The van der Waals surface area contributed by atoms with Crippen LogP contribution in [0.25, 0.3) is 0 Å². The Hall–Kier alpha value is -3.49. The highest BCUT2D eigenvalue weighted by molar-refractivity contribution is 5.90. The van der Waals surface area contributed by atoms with Crippen molar-refractivity contribution in [2.45, 2.75) is 31.3 Å². The number of esters is 3. The molecule has 0 bridgehead atoms. The second kappa shape index (κ2) is 10.7. The maximum absolute atomic E-state index is 12.6. The van der Waals surface area contributed by atoms with Crippen LogP contribution in [-0.2, 0) is 23.7 Å². The van der Waals surface area contributed by atoms with Crippen LogP contribution in [0.3, 0.4) is 0 Å². The number of hydrogen-bond donors (Lipinski definition) is 1. The highest BCUT2D eigenvalue weighted by Gasteiger charge is 2.44. The smallest absolute Gasteiger partial charge is 0.338 e. The van der Waals surface area contributed by atoms with Gasteiger partial charge in [0.1, 0.15) is 18.8 Å². The number of benzene rings is 2. The first kappa shape index (κ1) is 23.2. The molecule has 0 radical (unpaired) electrons. The van der Waals surface area contributed by atoms with Crippen LogP contribution in [0.4, 0.5) is 0 Å². The standard InChI is InChI=1S/C24H24O8/c1-15(25)31-21-18(14-30-23(27)16-9-5-3-6-10-16)13-19(29-2)20(26)22(21)32-24(28)17-11-7-4-8-12-17/h3-13,19-22,26H,14H2,1-2H3. The van der Waals surface area contributed by atoms with Gasteiger partial charge < -0.3 is 24.1 Å². The zero-order valence-corrected chi connectivity index (χ0v) is 17.7. The lowest BCUT2D eigenvalue weighted by Crippen LogP contribution is -2.53. The molecule has 0 aliphatic heterocycles. The van der Waals surface area contributed by atoms with Gasteiger partial charge in [-0.15, -0.1) is 0 Å². The van der Waals surface area contributed by atoms with Crippen molar-refractivity contribution in [3.63, 3.8) is 0 Å². The molecule has 168 valence electrons. The largest absolute Gasteiger partial charge is 0.457 e. The number of hydrogen-bond acceptors (Lipinski definition) is 8. The molecule has 32 heavy (non-hydrogen) atoms. The fourth-order valence-electron chi connectivity index (χ4n) is 3.34. The molecule has 1 aliphatic carbocycles. The molecule has 0 saturated carbocycles. The first-order chi connectivity index (χ1) is 15.4. The van der Waals surface area contributed by atoms with Crippen LogP contribution in [0, 0.1) is 0 Å². The van der Waals surface area contributed by atoms with Gasteiger partial charge in [0, 0.05) is 19.6 Å². The molecule has 8 nitrogen and oxygen atoms in total. The molecule has 3 rings (SSSR count). The second-order valence-electron chi connectivity index (χ2n) is 7.14. The molecule has 1 aliphatic rings. The minimum Gasteiger partial charge on any atom is -0.457 e. The molecule has 0 heterocycles. The monoisotopic (exact) mass is 440 g/mol. The summed E-state index contributed by atoms with van der Waals surface area (Å²) < 4.78 is 21.6. The van der Waals surface area contributed by atoms with E-state index in [1.807, 2.05) is 0 Å². The highest BCUT2D eigenvalue weighted by Crippen LogP contribution is 2.28. The van der Waals surface area contributed by atoms with Crippen LogP contribution in [0.1, 0.15) is 27.6 Å². The summed E-state index contributed by atoms with van der Waals surface area (Å²) in [4.78, 5) is 36.7. The summed E-state index contributed by atoms with van der Waals surface area (Å²) in [5, 5.41) is 10.7. The lowest BCUT2D eigenvalue weighted by Gasteiger charge is -2.37. The minimum absolute atomic E-state index is 0.252. The molecule has 0 saturated heterocycles. The molecule has 4 atom stereocenters. The Balaban J connectivity index is 1.84. The van der Waals surface area contributed by atoms with E-state index < -0.39 is 42.3 Å². The summed E-state index contributed by atoms with van der Waals surface area (Å²) in [6.45, 7) is 0.941. The lowest BCUT2D eigenvalue weighted by atomic mass is 9.89. The molecule has 1 N–H and O–H groups in total. The van der Waals surface area contributed by atoms with Gasteiger partial charge in [-0.1, -0.05) is 36.4 Å². The van der Waals surface area contributed by atoms with Gasteiger partial charge in [0.25, 0.3) is 0 Å². The van der Waals surface area contributed by atoms with Gasteiger partial charge in [-0.3, -0.25) is 4.79 Å². The van der Waals surface area contributed by atoms with Crippen LogP contribution < -0.4 is 0 Å². The van der Waals surface area contributed by atoms with Crippen LogP contribution in [0.5, 0.6) is 0 Å². The van der Waals surface area contributed by atoms with E-state index in [4.69, 9.17) is 18.9 Å². The maximum atomic E-state index is 12.6. The average Bonchev–Trinajstić information content (AvgIpc) is 2.81. The Morgan fingerprint density at radius 1 is 0.875 bits per heavy atom. The van der Waals surface area contributed by atoms with Crippen molar-refractivity contribution >= 4 is 17.9 Å². The van der Waals surface area contributed by atoms with Crippen molar-refractivity contribution in [1.29, 1.82) is 0 Å². The SMILES string of the molecule is COC1C=C(COC(=O)c2ccccc2)C(OC(C)=O)C(OC(=O)c2ccccc2)C1O. The summed E-state index contributed by atoms with van der Waals surface area (Å²) in [7, 11) is 1.38. The third kappa shape index (κ3) is 5.60. The number of carbonyl (C=O) groups is 3. The average molecular weight is 440 g/mol. The molecule has 4 unspecified atom stereocenters. The van der Waals surface area contributed by atoms with E-state index in [1.54, 1.807) is 60.7 Å². The van der Waals surface area contributed by atoms with Gasteiger partial charge in [-0.2, -0.15) is 0 Å². The molecule has 0 fully saturated rings. The maximum Gasteiger partial charge on any atom is 0.338 e. The lowest BCUT2D eigenvalue weighted by molar-refractivity contribution is -0.161. The molecule has 0 spiro atoms. The quantitative estimate of drug-likeness (QED) is 0.397. The molecule has 8 heteroatoms. The van der Waals surface area contributed by atoms with E-state index >= 15 is 0 Å². The predicted molar refractivity (Wildman–Crippen MR) is 113 cm³/mol. The fraction of sp³-hybridized carbons (Fsp3) is 0.292. The van der Waals surface area contributed by atoms with Crippen LogP contribution >= 0.6 is 0 Å². The molecule has 0 aromatic heterocycles. The third-order valence-electron chi connectivity index (χ3n) is 4.91. The van der Waals surface area contributed by atoms with Crippen LogP contribution in [-0.4, -0.2) is 61.1 Å². The summed E-state index contributed by atoms with van der Waals surface area (Å²) in [5.74, 6) is -1.94. The second-order valence-corrected chi connectivity index (χ2v) is 7.14. The van der Waals surface area contributed by atoms with Crippen molar-refractivity contribution in [1.82, 2.24) is 0 Å². The summed E-state index contributed by atoms with van der Waals surface area (Å²) in [6.07, 6.45) is -3.12. The van der Waals surface area contributed by atoms with Gasteiger partial charge in [-0.05, 0) is 30.3 Å². The number of rotatable bonds is 7. The van der Waals surface area contributed by atoms with Crippen molar-refractivity contribution in [2.75, 3.05) is 13.7 Å². The predicted octanol–water partition coefficient (Wildman–Crippen LogP) is 2.32. The minimum atomic E-state index is -1.31. The highest BCUT2D eigenvalue weighted by atomic mass is 16.6. The van der Waals surface area contributed by atoms with Crippen molar-refractivity contribution < 1.29 is 38.4 Å². The van der Waals surface area contributed by atoms with Crippen LogP contribution in [0.2, 0.25) is 0 Å². The Bertz CT molecular complexity index is 970. The number of aliphatic hydroxyl groups is 1. The summed E-state index contributed by atoms with van der Waals surface area (Å²) in [5.41, 5.74) is 0.942. The Morgan fingerprint density at radius 3 is 1.97 bits per heavy atom. The molecular formula is C24H24O8. The van der Waals surface area contributed by atoms with Crippen molar-refractivity contribution in [3.8, 4) is 0 Å². The van der Waals surface area contributed by atoms with E-state index in [0.717, 1.165) is 0 Å². The molecule has 2 aromatic rings. The van der Waals surface area contributed by atoms with E-state index in [1.165, 1.54) is 20.1 Å². The summed E-state index contributed by atoms with van der Waals surface area (Å²) in [6, 6.07) is 16.6.